The molecular formula is C14H15ClN2O. The van der Waals surface area contributed by atoms with Crippen LogP contribution in [-0.4, -0.2) is 24.7 Å². The Bertz CT molecular complexity index is 550. The van der Waals surface area contributed by atoms with Crippen LogP contribution in [0.3, 0.4) is 0 Å². The van der Waals surface area contributed by atoms with E-state index in [-0.39, 0.29) is 6.10 Å². The third-order valence-electron chi connectivity index (χ3n) is 3.25. The summed E-state index contributed by atoms with van der Waals surface area (Å²) in [6, 6.07) is 7.90. The molecule has 0 radical (unpaired) electrons. The predicted octanol–water partition coefficient (Wildman–Crippen LogP) is 2.94. The molecule has 1 atom stereocenters. The van der Waals surface area contributed by atoms with E-state index in [9.17, 15) is 0 Å². The maximum absolute atomic E-state index is 6.18. The summed E-state index contributed by atoms with van der Waals surface area (Å²) in [5.41, 5.74) is 2.02. The number of nitrogens with one attached hydrogen (secondary N) is 1. The Balaban J connectivity index is 2.08. The summed E-state index contributed by atoms with van der Waals surface area (Å²) in [6.45, 7) is 2.65. The number of para-hydroxylation sites is 1. The van der Waals surface area contributed by atoms with Crippen molar-refractivity contribution in [2.75, 3.05) is 19.7 Å². The summed E-state index contributed by atoms with van der Waals surface area (Å²) in [5, 5.41) is 5.17. The van der Waals surface area contributed by atoms with Crippen LogP contribution < -0.4 is 5.32 Å². The molecule has 3 rings (SSSR count). The monoisotopic (exact) mass is 262 g/mol. The number of aromatic nitrogens is 1. The molecule has 1 aromatic carbocycles. The summed E-state index contributed by atoms with van der Waals surface area (Å²) in [7, 11) is 0. The lowest BCUT2D eigenvalue weighted by molar-refractivity contribution is 0.0678. The highest BCUT2D eigenvalue weighted by molar-refractivity contribution is 6.35. The third-order valence-corrected chi connectivity index (χ3v) is 3.55. The molecule has 1 fully saturated rings. The maximum atomic E-state index is 6.18. The molecule has 94 valence electrons. The molecule has 0 amide bonds. The predicted molar refractivity (Wildman–Crippen MR) is 72.9 cm³/mol. The third kappa shape index (κ3) is 2.21. The summed E-state index contributed by atoms with van der Waals surface area (Å²) in [5.74, 6) is 0. The first kappa shape index (κ1) is 11.9. The Kier molecular flexibility index (Phi) is 3.46. The molecule has 1 aliphatic heterocycles. The number of ether oxygens (including phenoxy) is 1. The van der Waals surface area contributed by atoms with Gasteiger partial charge in [0, 0.05) is 24.7 Å². The zero-order valence-corrected chi connectivity index (χ0v) is 10.8. The first-order valence-electron chi connectivity index (χ1n) is 6.22. The van der Waals surface area contributed by atoms with Crippen molar-refractivity contribution in [3.05, 3.63) is 41.0 Å². The molecule has 4 heteroatoms. The second-order valence-electron chi connectivity index (χ2n) is 4.45. The fraction of sp³-hybridized carbons (Fsp3) is 0.357. The smallest absolute Gasteiger partial charge is 0.0956 e. The van der Waals surface area contributed by atoms with Crippen LogP contribution in [-0.2, 0) is 4.74 Å². The molecule has 1 aromatic heterocycles. The van der Waals surface area contributed by atoms with Crippen LogP contribution in [0.2, 0.25) is 5.02 Å². The van der Waals surface area contributed by atoms with Gasteiger partial charge in [-0.3, -0.25) is 4.98 Å². The molecule has 1 unspecified atom stereocenters. The second-order valence-corrected chi connectivity index (χ2v) is 4.86. The van der Waals surface area contributed by atoms with Crippen LogP contribution in [0.25, 0.3) is 10.9 Å². The van der Waals surface area contributed by atoms with Crippen LogP contribution in [0, 0.1) is 0 Å². The van der Waals surface area contributed by atoms with E-state index in [1.54, 1.807) is 6.20 Å². The number of hydrogen-bond donors (Lipinski definition) is 1. The number of halogens is 1. The second kappa shape index (κ2) is 5.22. The number of fused-ring (bicyclic) bond motifs is 1. The Morgan fingerprint density at radius 3 is 3.22 bits per heavy atom. The van der Waals surface area contributed by atoms with Gasteiger partial charge >= 0.3 is 0 Å². The van der Waals surface area contributed by atoms with Gasteiger partial charge in [0.05, 0.1) is 16.6 Å². The summed E-state index contributed by atoms with van der Waals surface area (Å²) in [4.78, 5) is 4.35. The quantitative estimate of drug-likeness (QED) is 0.858. The molecule has 0 saturated carbocycles. The van der Waals surface area contributed by atoms with E-state index in [0.29, 0.717) is 5.02 Å². The molecule has 0 aliphatic carbocycles. The topological polar surface area (TPSA) is 34.1 Å². The SMILES string of the molecule is Clc1cccc2c(C3CNCCCO3)ccnc12. The highest BCUT2D eigenvalue weighted by Gasteiger charge is 2.17. The van der Waals surface area contributed by atoms with Crippen LogP contribution in [0.15, 0.2) is 30.5 Å². The molecule has 3 nitrogen and oxygen atoms in total. The van der Waals surface area contributed by atoms with Gasteiger partial charge in [0.25, 0.3) is 0 Å². The van der Waals surface area contributed by atoms with Gasteiger partial charge in [0.2, 0.25) is 0 Å². The van der Waals surface area contributed by atoms with Crippen LogP contribution in [0.4, 0.5) is 0 Å². The number of hydrogen-bond acceptors (Lipinski definition) is 3. The molecule has 1 N–H and O–H groups in total. The molecule has 1 saturated heterocycles. The van der Waals surface area contributed by atoms with Gasteiger partial charge in [-0.15, -0.1) is 0 Å². The van der Waals surface area contributed by atoms with Gasteiger partial charge in [-0.25, -0.2) is 0 Å². The van der Waals surface area contributed by atoms with Gasteiger partial charge in [0.1, 0.15) is 0 Å². The zero-order valence-electron chi connectivity index (χ0n) is 10.0. The summed E-state index contributed by atoms with van der Waals surface area (Å²) in [6.07, 6.45) is 2.94. The van der Waals surface area contributed by atoms with E-state index in [1.807, 2.05) is 18.2 Å². The summed E-state index contributed by atoms with van der Waals surface area (Å²) >= 11 is 6.18. The lowest BCUT2D eigenvalue weighted by Gasteiger charge is -2.17. The lowest BCUT2D eigenvalue weighted by atomic mass is 10.0. The van der Waals surface area contributed by atoms with Crippen molar-refractivity contribution in [1.29, 1.82) is 0 Å². The standard InChI is InChI=1S/C14H15ClN2O/c15-12-4-1-3-11-10(5-7-17-14(11)12)13-9-16-6-2-8-18-13/h1,3-5,7,13,16H,2,6,8-9H2. The molecule has 2 heterocycles. The molecular weight excluding hydrogens is 248 g/mol. The lowest BCUT2D eigenvalue weighted by Crippen LogP contribution is -2.20. The number of benzene rings is 1. The van der Waals surface area contributed by atoms with Crippen LogP contribution in [0.5, 0.6) is 0 Å². The Hall–Kier alpha value is -1.16. The van der Waals surface area contributed by atoms with E-state index in [2.05, 4.69) is 16.4 Å². The first-order chi connectivity index (χ1) is 8.86. The first-order valence-corrected chi connectivity index (χ1v) is 6.59. The minimum absolute atomic E-state index is 0.0801. The van der Waals surface area contributed by atoms with E-state index >= 15 is 0 Å². The molecule has 2 aromatic rings. The van der Waals surface area contributed by atoms with Crippen molar-refractivity contribution in [3.63, 3.8) is 0 Å². The van der Waals surface area contributed by atoms with Gasteiger partial charge in [-0.2, -0.15) is 0 Å². The maximum Gasteiger partial charge on any atom is 0.0956 e. The van der Waals surface area contributed by atoms with E-state index in [4.69, 9.17) is 16.3 Å². The van der Waals surface area contributed by atoms with Gasteiger partial charge in [0.15, 0.2) is 0 Å². The van der Waals surface area contributed by atoms with Crippen molar-refractivity contribution in [3.8, 4) is 0 Å². The molecule has 18 heavy (non-hydrogen) atoms. The average Bonchev–Trinajstić information content (AvgIpc) is 2.67. The molecule has 0 spiro atoms. The highest BCUT2D eigenvalue weighted by Crippen LogP contribution is 2.29. The van der Waals surface area contributed by atoms with Crippen molar-refractivity contribution >= 4 is 22.5 Å². The van der Waals surface area contributed by atoms with Gasteiger partial charge < -0.3 is 10.1 Å². The fourth-order valence-corrected chi connectivity index (χ4v) is 2.58. The van der Waals surface area contributed by atoms with Crippen LogP contribution in [0.1, 0.15) is 18.1 Å². The zero-order chi connectivity index (χ0) is 12.4. The highest BCUT2D eigenvalue weighted by atomic mass is 35.5. The van der Waals surface area contributed by atoms with Crippen LogP contribution >= 0.6 is 11.6 Å². The van der Waals surface area contributed by atoms with Crippen molar-refractivity contribution in [2.24, 2.45) is 0 Å². The van der Waals surface area contributed by atoms with Crippen molar-refractivity contribution in [1.82, 2.24) is 10.3 Å². The Morgan fingerprint density at radius 2 is 2.28 bits per heavy atom. The van der Waals surface area contributed by atoms with Gasteiger partial charge in [-0.1, -0.05) is 23.7 Å². The van der Waals surface area contributed by atoms with Crippen molar-refractivity contribution < 1.29 is 4.74 Å². The number of rotatable bonds is 1. The Morgan fingerprint density at radius 1 is 1.33 bits per heavy atom. The van der Waals surface area contributed by atoms with Gasteiger partial charge in [-0.05, 0) is 30.7 Å². The Labute approximate surface area is 111 Å². The molecule has 0 bridgehead atoms. The fourth-order valence-electron chi connectivity index (χ4n) is 2.36. The van der Waals surface area contributed by atoms with E-state index < -0.39 is 0 Å². The van der Waals surface area contributed by atoms with E-state index in [1.165, 1.54) is 0 Å². The average molecular weight is 263 g/mol. The van der Waals surface area contributed by atoms with E-state index in [0.717, 1.165) is 42.6 Å². The number of nitrogens with zero attached hydrogens (tertiary/aromatic N) is 1. The minimum atomic E-state index is 0.0801. The largest absolute Gasteiger partial charge is 0.372 e. The number of pyridine rings is 1. The normalized spacial score (nSPS) is 20.8. The minimum Gasteiger partial charge on any atom is -0.372 e. The summed E-state index contributed by atoms with van der Waals surface area (Å²) < 4.78 is 5.90. The van der Waals surface area contributed by atoms with Crippen molar-refractivity contribution in [2.45, 2.75) is 12.5 Å². The molecule has 1 aliphatic rings.